The van der Waals surface area contributed by atoms with E-state index in [2.05, 4.69) is 10.2 Å². The Hall–Kier alpha value is -3.29. The highest BCUT2D eigenvalue weighted by Crippen LogP contribution is 2.39. The summed E-state index contributed by atoms with van der Waals surface area (Å²) in [7, 11) is 4.56. The molecule has 0 aliphatic rings. The van der Waals surface area contributed by atoms with Gasteiger partial charge in [0.25, 0.3) is 0 Å². The standard InChI is InChI=1S/C16H15N3O5/c1-22-13-7-10(8-14(23-2)15(13)24-3)19-17-11-5-4-9(16(20)21)6-12(11)18-19/h4-8H,1-3H3,(H,20,21). The number of benzene rings is 2. The first-order valence-electron chi connectivity index (χ1n) is 6.98. The highest BCUT2D eigenvalue weighted by Gasteiger charge is 2.16. The Morgan fingerprint density at radius 2 is 1.58 bits per heavy atom. The number of carboxylic acids is 1. The van der Waals surface area contributed by atoms with Crippen LogP contribution in [0, 0.1) is 0 Å². The topological polar surface area (TPSA) is 95.7 Å². The summed E-state index contributed by atoms with van der Waals surface area (Å²) in [5.41, 5.74) is 1.80. The number of methoxy groups -OCH3 is 3. The van der Waals surface area contributed by atoms with Crippen molar-refractivity contribution in [3.05, 3.63) is 35.9 Å². The minimum absolute atomic E-state index is 0.152. The van der Waals surface area contributed by atoms with E-state index in [4.69, 9.17) is 19.3 Å². The van der Waals surface area contributed by atoms with Crippen LogP contribution in [0.3, 0.4) is 0 Å². The van der Waals surface area contributed by atoms with Crippen LogP contribution >= 0.6 is 0 Å². The third-order valence-electron chi connectivity index (χ3n) is 3.51. The van der Waals surface area contributed by atoms with Crippen LogP contribution in [-0.2, 0) is 0 Å². The molecule has 8 heteroatoms. The average Bonchev–Trinajstić information content (AvgIpc) is 3.03. The molecule has 124 valence electrons. The molecule has 8 nitrogen and oxygen atoms in total. The number of hydrogen-bond acceptors (Lipinski definition) is 6. The Morgan fingerprint density at radius 3 is 2.12 bits per heavy atom. The number of ether oxygens (including phenoxy) is 3. The quantitative estimate of drug-likeness (QED) is 0.766. The molecule has 3 aromatic rings. The van der Waals surface area contributed by atoms with E-state index < -0.39 is 5.97 Å². The van der Waals surface area contributed by atoms with Gasteiger partial charge in [-0.1, -0.05) is 0 Å². The smallest absolute Gasteiger partial charge is 0.335 e. The van der Waals surface area contributed by atoms with Gasteiger partial charge >= 0.3 is 5.97 Å². The molecule has 0 radical (unpaired) electrons. The van der Waals surface area contributed by atoms with Crippen molar-refractivity contribution < 1.29 is 24.1 Å². The lowest BCUT2D eigenvalue weighted by Crippen LogP contribution is -2.02. The van der Waals surface area contributed by atoms with Gasteiger partial charge in [-0.15, -0.1) is 10.2 Å². The fourth-order valence-electron chi connectivity index (χ4n) is 2.35. The number of carbonyl (C=O) groups is 1. The molecular formula is C16H15N3O5. The lowest BCUT2D eigenvalue weighted by molar-refractivity contribution is 0.0697. The molecule has 0 amide bonds. The van der Waals surface area contributed by atoms with Gasteiger partial charge < -0.3 is 19.3 Å². The minimum atomic E-state index is -1.01. The molecular weight excluding hydrogens is 314 g/mol. The number of aromatic nitrogens is 3. The maximum absolute atomic E-state index is 11.1. The fraction of sp³-hybridized carbons (Fsp3) is 0.188. The van der Waals surface area contributed by atoms with Crippen LogP contribution in [-0.4, -0.2) is 47.4 Å². The third kappa shape index (κ3) is 2.58. The summed E-state index contributed by atoms with van der Waals surface area (Å²) in [5.74, 6) is 0.395. The summed E-state index contributed by atoms with van der Waals surface area (Å²) in [4.78, 5) is 12.4. The average molecular weight is 329 g/mol. The Labute approximate surface area is 137 Å². The van der Waals surface area contributed by atoms with Crippen LogP contribution in [0.5, 0.6) is 17.2 Å². The van der Waals surface area contributed by atoms with E-state index in [0.717, 1.165) is 0 Å². The van der Waals surface area contributed by atoms with Crippen molar-refractivity contribution in [2.24, 2.45) is 0 Å². The largest absolute Gasteiger partial charge is 0.493 e. The molecule has 0 spiro atoms. The molecule has 0 unspecified atom stereocenters. The molecule has 24 heavy (non-hydrogen) atoms. The van der Waals surface area contributed by atoms with Crippen molar-refractivity contribution in [2.75, 3.05) is 21.3 Å². The van der Waals surface area contributed by atoms with Crippen LogP contribution < -0.4 is 14.2 Å². The van der Waals surface area contributed by atoms with Crippen LogP contribution in [0.4, 0.5) is 0 Å². The fourth-order valence-corrected chi connectivity index (χ4v) is 2.35. The van der Waals surface area contributed by atoms with Gasteiger partial charge in [0.1, 0.15) is 11.0 Å². The second-order valence-corrected chi connectivity index (χ2v) is 4.88. The molecule has 0 bridgehead atoms. The van der Waals surface area contributed by atoms with Crippen molar-refractivity contribution in [1.82, 2.24) is 15.0 Å². The predicted molar refractivity (Wildman–Crippen MR) is 85.5 cm³/mol. The Morgan fingerprint density at radius 1 is 0.958 bits per heavy atom. The van der Waals surface area contributed by atoms with E-state index in [9.17, 15) is 4.79 Å². The van der Waals surface area contributed by atoms with E-state index in [0.29, 0.717) is 34.0 Å². The normalized spacial score (nSPS) is 10.6. The second-order valence-electron chi connectivity index (χ2n) is 4.88. The molecule has 1 heterocycles. The number of fused-ring (bicyclic) bond motifs is 1. The van der Waals surface area contributed by atoms with Gasteiger partial charge in [-0.3, -0.25) is 0 Å². The highest BCUT2D eigenvalue weighted by molar-refractivity contribution is 5.92. The lowest BCUT2D eigenvalue weighted by Gasteiger charge is -2.13. The van der Waals surface area contributed by atoms with Gasteiger partial charge in [-0.25, -0.2) is 4.79 Å². The van der Waals surface area contributed by atoms with Crippen LogP contribution in [0.25, 0.3) is 16.7 Å². The van der Waals surface area contributed by atoms with E-state index >= 15 is 0 Å². The lowest BCUT2D eigenvalue weighted by atomic mass is 10.2. The zero-order chi connectivity index (χ0) is 17.3. The van der Waals surface area contributed by atoms with Crippen molar-refractivity contribution in [2.45, 2.75) is 0 Å². The number of carboxylic acid groups (broad SMARTS) is 1. The number of hydrogen-bond donors (Lipinski definition) is 1. The van der Waals surface area contributed by atoms with E-state index in [1.54, 1.807) is 18.2 Å². The monoisotopic (exact) mass is 329 g/mol. The zero-order valence-electron chi connectivity index (χ0n) is 13.3. The Bertz CT molecular complexity index is 894. The van der Waals surface area contributed by atoms with Crippen molar-refractivity contribution in [1.29, 1.82) is 0 Å². The van der Waals surface area contributed by atoms with Gasteiger partial charge in [0.15, 0.2) is 11.5 Å². The van der Waals surface area contributed by atoms with Crippen molar-refractivity contribution >= 4 is 17.0 Å². The summed E-state index contributed by atoms with van der Waals surface area (Å²) in [5, 5.41) is 17.7. The van der Waals surface area contributed by atoms with Gasteiger partial charge in [0.05, 0.1) is 32.6 Å². The van der Waals surface area contributed by atoms with Gasteiger partial charge in [-0.2, -0.15) is 4.80 Å². The Balaban J connectivity index is 2.14. The Kier molecular flexibility index (Phi) is 3.95. The molecule has 0 saturated heterocycles. The van der Waals surface area contributed by atoms with Gasteiger partial charge in [0.2, 0.25) is 5.75 Å². The SMILES string of the molecule is COc1cc(-n2nc3ccc(C(=O)O)cc3n2)cc(OC)c1OC. The van der Waals surface area contributed by atoms with Crippen LogP contribution in [0.2, 0.25) is 0 Å². The molecule has 0 saturated carbocycles. The highest BCUT2D eigenvalue weighted by atomic mass is 16.5. The minimum Gasteiger partial charge on any atom is -0.493 e. The van der Waals surface area contributed by atoms with E-state index in [-0.39, 0.29) is 5.56 Å². The summed E-state index contributed by atoms with van der Waals surface area (Å²) in [6.45, 7) is 0. The van der Waals surface area contributed by atoms with E-state index in [1.807, 2.05) is 0 Å². The van der Waals surface area contributed by atoms with Gasteiger partial charge in [0, 0.05) is 12.1 Å². The predicted octanol–water partition coefficient (Wildman–Crippen LogP) is 2.14. The first kappa shape index (κ1) is 15.6. The molecule has 0 fully saturated rings. The first-order chi connectivity index (χ1) is 11.6. The number of aromatic carboxylic acids is 1. The molecule has 2 aromatic carbocycles. The maximum Gasteiger partial charge on any atom is 0.335 e. The molecule has 0 aliphatic heterocycles. The van der Waals surface area contributed by atoms with Gasteiger partial charge in [-0.05, 0) is 18.2 Å². The van der Waals surface area contributed by atoms with Crippen LogP contribution in [0.15, 0.2) is 30.3 Å². The summed E-state index contributed by atoms with van der Waals surface area (Å²) in [6, 6.07) is 7.98. The van der Waals surface area contributed by atoms with E-state index in [1.165, 1.54) is 38.3 Å². The van der Waals surface area contributed by atoms with Crippen molar-refractivity contribution in [3.63, 3.8) is 0 Å². The summed E-state index contributed by atoms with van der Waals surface area (Å²) >= 11 is 0. The number of rotatable bonds is 5. The molecule has 1 N–H and O–H groups in total. The van der Waals surface area contributed by atoms with Crippen molar-refractivity contribution in [3.8, 4) is 22.9 Å². The summed E-state index contributed by atoms with van der Waals surface area (Å²) < 4.78 is 15.9. The molecule has 0 aliphatic carbocycles. The van der Waals surface area contributed by atoms with Crippen LogP contribution in [0.1, 0.15) is 10.4 Å². The molecule has 1 aromatic heterocycles. The molecule has 0 atom stereocenters. The third-order valence-corrected chi connectivity index (χ3v) is 3.51. The first-order valence-corrected chi connectivity index (χ1v) is 6.98. The number of nitrogens with zero attached hydrogens (tertiary/aromatic N) is 3. The molecule has 3 rings (SSSR count). The zero-order valence-corrected chi connectivity index (χ0v) is 13.3. The maximum atomic E-state index is 11.1. The summed E-state index contributed by atoms with van der Waals surface area (Å²) in [6.07, 6.45) is 0. The second kappa shape index (κ2) is 6.07.